The van der Waals surface area contributed by atoms with Crippen LogP contribution < -0.4 is 16.2 Å². The molecule has 0 amide bonds. The molecule has 6 heteroatoms. The Bertz CT molecular complexity index is 904. The van der Waals surface area contributed by atoms with E-state index in [4.69, 9.17) is 10.5 Å². The number of nitrogens with zero attached hydrogens (tertiary/aromatic N) is 3. The highest BCUT2D eigenvalue weighted by Crippen LogP contribution is 2.31. The van der Waals surface area contributed by atoms with E-state index in [2.05, 4.69) is 4.90 Å². The minimum atomic E-state index is 0.0629. The number of likely N-dealkylation sites (tertiary alicyclic amines) is 1. The van der Waals surface area contributed by atoms with Crippen LogP contribution in [0.1, 0.15) is 70.3 Å². The number of hydrogen-bond acceptors (Lipinski definition) is 4. The molecular formula is C25H36N4O2. The molecule has 3 aliphatic rings. The largest absolute Gasteiger partial charge is 0.490 e. The van der Waals surface area contributed by atoms with E-state index in [0.29, 0.717) is 24.2 Å². The van der Waals surface area contributed by atoms with Gasteiger partial charge in [-0.3, -0.25) is 14.0 Å². The zero-order chi connectivity index (χ0) is 21.2. The summed E-state index contributed by atoms with van der Waals surface area (Å²) in [4.78, 5) is 15.7. The van der Waals surface area contributed by atoms with E-state index in [0.717, 1.165) is 62.9 Å². The SMILES string of the molecule is N[C@@H]1CCCN(C2CCC(n3ccn(-c4ccc(OC5CCCC5)cc4)c3=O)CC2)C1. The van der Waals surface area contributed by atoms with Crippen LogP contribution >= 0.6 is 0 Å². The van der Waals surface area contributed by atoms with Gasteiger partial charge in [-0.05, 0) is 95.0 Å². The summed E-state index contributed by atoms with van der Waals surface area (Å²) < 4.78 is 9.76. The molecule has 1 aromatic heterocycles. The number of aromatic nitrogens is 2. The van der Waals surface area contributed by atoms with Crippen LogP contribution in [-0.4, -0.2) is 45.3 Å². The van der Waals surface area contributed by atoms with Crippen molar-refractivity contribution in [1.82, 2.24) is 14.0 Å². The predicted molar refractivity (Wildman–Crippen MR) is 123 cm³/mol. The van der Waals surface area contributed by atoms with Gasteiger partial charge < -0.3 is 10.5 Å². The van der Waals surface area contributed by atoms with Crippen molar-refractivity contribution in [1.29, 1.82) is 0 Å². The number of hydrogen-bond donors (Lipinski definition) is 1. The molecule has 2 N–H and O–H groups in total. The molecule has 0 unspecified atom stereocenters. The highest BCUT2D eigenvalue weighted by molar-refractivity contribution is 5.37. The van der Waals surface area contributed by atoms with E-state index in [-0.39, 0.29) is 5.69 Å². The van der Waals surface area contributed by atoms with Gasteiger partial charge in [0.05, 0.1) is 11.8 Å². The molecule has 3 fully saturated rings. The molecule has 5 rings (SSSR count). The van der Waals surface area contributed by atoms with Gasteiger partial charge in [0.2, 0.25) is 0 Å². The van der Waals surface area contributed by atoms with E-state index in [1.807, 2.05) is 41.2 Å². The lowest BCUT2D eigenvalue weighted by molar-refractivity contribution is 0.106. The second-order valence-corrected chi connectivity index (χ2v) is 9.74. The maximum absolute atomic E-state index is 13.1. The van der Waals surface area contributed by atoms with Crippen LogP contribution in [0.5, 0.6) is 5.75 Å². The van der Waals surface area contributed by atoms with Crippen molar-refractivity contribution in [2.75, 3.05) is 13.1 Å². The first-order valence-electron chi connectivity index (χ1n) is 12.2. The Kier molecular flexibility index (Phi) is 6.19. The standard InChI is InChI=1S/C25H36N4O2/c26-19-4-3-15-27(18-19)20-7-9-21(10-8-20)28-16-17-29(25(28)30)22-11-13-24(14-12-22)31-23-5-1-2-6-23/h11-14,16-17,19-21,23H,1-10,15,18,26H2/t19-,20?,21?/m1/s1. The Morgan fingerprint density at radius 3 is 2.26 bits per heavy atom. The number of imidazole rings is 1. The fourth-order valence-electron chi connectivity index (χ4n) is 5.82. The summed E-state index contributed by atoms with van der Waals surface area (Å²) in [6, 6.07) is 9.23. The number of nitrogens with two attached hydrogens (primary N) is 1. The van der Waals surface area contributed by atoms with Crippen molar-refractivity contribution in [2.45, 2.75) is 88.4 Å². The molecule has 0 radical (unpaired) electrons. The van der Waals surface area contributed by atoms with Crippen LogP contribution in [0.25, 0.3) is 5.69 Å². The number of piperidine rings is 1. The smallest absolute Gasteiger partial charge is 0.332 e. The summed E-state index contributed by atoms with van der Waals surface area (Å²) in [7, 11) is 0. The number of rotatable bonds is 5. The van der Waals surface area contributed by atoms with Gasteiger partial charge in [0.1, 0.15) is 5.75 Å². The average Bonchev–Trinajstić information content (AvgIpc) is 3.44. The Morgan fingerprint density at radius 2 is 1.55 bits per heavy atom. The average molecular weight is 425 g/mol. The minimum Gasteiger partial charge on any atom is -0.490 e. The van der Waals surface area contributed by atoms with Gasteiger partial charge >= 0.3 is 5.69 Å². The first-order chi connectivity index (χ1) is 15.2. The lowest BCUT2D eigenvalue weighted by Gasteiger charge is -2.40. The highest BCUT2D eigenvalue weighted by Gasteiger charge is 2.30. The molecule has 1 saturated heterocycles. The fourth-order valence-corrected chi connectivity index (χ4v) is 5.82. The molecule has 2 saturated carbocycles. The maximum atomic E-state index is 13.1. The molecule has 1 atom stereocenters. The normalized spacial score (nSPS) is 28.1. The summed E-state index contributed by atoms with van der Waals surface area (Å²) in [5, 5.41) is 0. The van der Waals surface area contributed by atoms with Gasteiger partial charge in [0.25, 0.3) is 0 Å². The Balaban J connectivity index is 1.22. The van der Waals surface area contributed by atoms with Crippen LogP contribution in [0.3, 0.4) is 0 Å². The molecule has 168 valence electrons. The first kappa shape index (κ1) is 20.8. The summed E-state index contributed by atoms with van der Waals surface area (Å²) >= 11 is 0. The highest BCUT2D eigenvalue weighted by atomic mass is 16.5. The van der Waals surface area contributed by atoms with Crippen molar-refractivity contribution in [2.24, 2.45) is 5.73 Å². The lowest BCUT2D eigenvalue weighted by atomic mass is 9.88. The second kappa shape index (κ2) is 9.21. The van der Waals surface area contributed by atoms with Crippen molar-refractivity contribution in [3.8, 4) is 11.4 Å². The topological polar surface area (TPSA) is 65.4 Å². The molecule has 1 aliphatic heterocycles. The lowest BCUT2D eigenvalue weighted by Crippen LogP contribution is -2.49. The molecule has 6 nitrogen and oxygen atoms in total. The minimum absolute atomic E-state index is 0.0629. The van der Waals surface area contributed by atoms with Crippen molar-refractivity contribution in [3.63, 3.8) is 0 Å². The third-order valence-corrected chi connectivity index (χ3v) is 7.59. The van der Waals surface area contributed by atoms with Crippen molar-refractivity contribution >= 4 is 0 Å². The van der Waals surface area contributed by atoms with E-state index in [1.54, 1.807) is 4.57 Å². The molecule has 1 aromatic carbocycles. The van der Waals surface area contributed by atoms with Gasteiger partial charge in [-0.25, -0.2) is 4.79 Å². The number of benzene rings is 1. The molecule has 2 aliphatic carbocycles. The summed E-state index contributed by atoms with van der Waals surface area (Å²) in [5.41, 5.74) is 7.14. The zero-order valence-corrected chi connectivity index (χ0v) is 18.5. The van der Waals surface area contributed by atoms with Crippen LogP contribution in [0.2, 0.25) is 0 Å². The Hall–Kier alpha value is -2.05. The zero-order valence-electron chi connectivity index (χ0n) is 18.5. The molecule has 2 aromatic rings. The van der Waals surface area contributed by atoms with Crippen LogP contribution in [0.15, 0.2) is 41.5 Å². The molecule has 0 bridgehead atoms. The second-order valence-electron chi connectivity index (χ2n) is 9.74. The quantitative estimate of drug-likeness (QED) is 0.791. The first-order valence-corrected chi connectivity index (χ1v) is 12.2. The van der Waals surface area contributed by atoms with Crippen molar-refractivity contribution in [3.05, 3.63) is 47.1 Å². The van der Waals surface area contributed by atoms with Gasteiger partial charge in [-0.1, -0.05) is 0 Å². The maximum Gasteiger partial charge on any atom is 0.332 e. The van der Waals surface area contributed by atoms with Gasteiger partial charge in [-0.15, -0.1) is 0 Å². The monoisotopic (exact) mass is 424 g/mol. The van der Waals surface area contributed by atoms with Gasteiger partial charge in [0, 0.05) is 37.1 Å². The number of ether oxygens (including phenoxy) is 1. The van der Waals surface area contributed by atoms with Crippen LogP contribution in [0, 0.1) is 0 Å². The third kappa shape index (κ3) is 4.60. The van der Waals surface area contributed by atoms with E-state index in [1.165, 1.54) is 25.8 Å². The molecule has 0 spiro atoms. The van der Waals surface area contributed by atoms with E-state index < -0.39 is 0 Å². The van der Waals surface area contributed by atoms with Gasteiger partial charge in [0.15, 0.2) is 0 Å². The third-order valence-electron chi connectivity index (χ3n) is 7.59. The predicted octanol–water partition coefficient (Wildman–Crippen LogP) is 3.87. The fraction of sp³-hybridized carbons (Fsp3) is 0.640. The Labute approximate surface area is 185 Å². The molecule has 31 heavy (non-hydrogen) atoms. The van der Waals surface area contributed by atoms with Crippen LogP contribution in [0.4, 0.5) is 0 Å². The summed E-state index contributed by atoms with van der Waals surface area (Å²) in [6.07, 6.45) is 15.9. The van der Waals surface area contributed by atoms with Crippen molar-refractivity contribution < 1.29 is 4.74 Å². The van der Waals surface area contributed by atoms with E-state index >= 15 is 0 Å². The molecule has 2 heterocycles. The van der Waals surface area contributed by atoms with Crippen LogP contribution in [-0.2, 0) is 0 Å². The Morgan fingerprint density at radius 1 is 0.839 bits per heavy atom. The van der Waals surface area contributed by atoms with E-state index in [9.17, 15) is 4.79 Å². The summed E-state index contributed by atoms with van der Waals surface area (Å²) in [6.45, 7) is 2.21. The van der Waals surface area contributed by atoms with Gasteiger partial charge in [-0.2, -0.15) is 0 Å². The molecular weight excluding hydrogens is 388 g/mol. The summed E-state index contributed by atoms with van der Waals surface area (Å²) in [5.74, 6) is 0.902.